The Bertz CT molecular complexity index is 1540. The number of likely N-dealkylation sites (tertiary alicyclic amines) is 1. The largest absolute Gasteiger partial charge is 0.507 e. The van der Waals surface area contributed by atoms with Crippen LogP contribution in [0.15, 0.2) is 84.6 Å². The highest BCUT2D eigenvalue weighted by atomic mass is 35.5. The molecule has 2 N–H and O–H groups in total. The van der Waals surface area contributed by atoms with E-state index in [1.165, 1.54) is 35.2 Å². The Morgan fingerprint density at radius 3 is 2.47 bits per heavy atom. The molecule has 4 aromatic rings. The molecule has 1 aromatic heterocycles. The van der Waals surface area contributed by atoms with Crippen LogP contribution in [0.2, 0.25) is 5.02 Å². The maximum Gasteiger partial charge on any atom is 0.295 e. The van der Waals surface area contributed by atoms with Crippen LogP contribution in [-0.4, -0.2) is 38.1 Å². The van der Waals surface area contributed by atoms with Gasteiger partial charge in [0.2, 0.25) is 0 Å². The molecule has 180 valence electrons. The highest BCUT2D eigenvalue weighted by Crippen LogP contribution is 2.42. The first kappa shape index (κ1) is 23.3. The number of carbonyl (C=O) groups excluding carboxylic acids is 2. The first-order valence-electron chi connectivity index (χ1n) is 11.2. The standard InChI is InChI=1S/C27H20ClN3O5/c28-18-11-9-16(10-12-18)25(32)23-24(20-6-2-4-8-22(20)31(35)36)30(27(34)26(23)33)14-13-17-15-29-21-7-3-1-5-19(17)21/h1-12,15,24,29,32H,13-14H2/b25-23-. The van der Waals surface area contributed by atoms with Crippen LogP contribution in [0.25, 0.3) is 16.7 Å². The van der Waals surface area contributed by atoms with E-state index in [2.05, 4.69) is 4.98 Å². The number of nitro benzene ring substituents is 1. The fourth-order valence-corrected chi connectivity index (χ4v) is 4.79. The third kappa shape index (κ3) is 4.01. The fourth-order valence-electron chi connectivity index (χ4n) is 4.66. The lowest BCUT2D eigenvalue weighted by atomic mass is 9.94. The summed E-state index contributed by atoms with van der Waals surface area (Å²) in [5, 5.41) is 24.4. The molecular formula is C27H20ClN3O5. The molecule has 1 fully saturated rings. The predicted molar refractivity (Wildman–Crippen MR) is 136 cm³/mol. The summed E-state index contributed by atoms with van der Waals surface area (Å²) in [6, 6.07) is 18.6. The summed E-state index contributed by atoms with van der Waals surface area (Å²) < 4.78 is 0. The van der Waals surface area contributed by atoms with E-state index < -0.39 is 28.4 Å². The number of fused-ring (bicyclic) bond motifs is 1. The molecule has 8 nitrogen and oxygen atoms in total. The van der Waals surface area contributed by atoms with Crippen molar-refractivity contribution < 1.29 is 19.6 Å². The van der Waals surface area contributed by atoms with Gasteiger partial charge in [-0.05, 0) is 48.4 Å². The third-order valence-corrected chi connectivity index (χ3v) is 6.63. The minimum atomic E-state index is -1.13. The zero-order chi connectivity index (χ0) is 25.4. The molecule has 0 radical (unpaired) electrons. The highest BCUT2D eigenvalue weighted by Gasteiger charge is 2.47. The Morgan fingerprint density at radius 1 is 1.03 bits per heavy atom. The topological polar surface area (TPSA) is 117 Å². The molecule has 3 aromatic carbocycles. The van der Waals surface area contributed by atoms with E-state index in [1.807, 2.05) is 30.5 Å². The number of nitrogens with zero attached hydrogens (tertiary/aromatic N) is 2. The van der Waals surface area contributed by atoms with Crippen molar-refractivity contribution in [1.82, 2.24) is 9.88 Å². The second-order valence-electron chi connectivity index (χ2n) is 8.42. The van der Waals surface area contributed by atoms with Crippen molar-refractivity contribution in [3.8, 4) is 0 Å². The molecule has 0 saturated carbocycles. The molecule has 2 heterocycles. The number of H-pyrrole nitrogens is 1. The zero-order valence-electron chi connectivity index (χ0n) is 18.8. The summed E-state index contributed by atoms with van der Waals surface area (Å²) in [4.78, 5) is 42.2. The van der Waals surface area contributed by atoms with Crippen LogP contribution in [0.5, 0.6) is 0 Å². The maximum atomic E-state index is 13.2. The smallest absolute Gasteiger partial charge is 0.295 e. The zero-order valence-corrected chi connectivity index (χ0v) is 19.6. The summed E-state index contributed by atoms with van der Waals surface area (Å²) in [7, 11) is 0. The maximum absolute atomic E-state index is 13.2. The average Bonchev–Trinajstić information content (AvgIpc) is 3.41. The van der Waals surface area contributed by atoms with Crippen molar-refractivity contribution in [3.63, 3.8) is 0 Å². The summed E-state index contributed by atoms with van der Waals surface area (Å²) in [6.07, 6.45) is 2.24. The van der Waals surface area contributed by atoms with Gasteiger partial charge >= 0.3 is 0 Å². The highest BCUT2D eigenvalue weighted by molar-refractivity contribution is 6.46. The molecule has 0 aliphatic carbocycles. The summed E-state index contributed by atoms with van der Waals surface area (Å²) in [5.41, 5.74) is 1.85. The van der Waals surface area contributed by atoms with Crippen molar-refractivity contribution in [3.05, 3.63) is 116 Å². The van der Waals surface area contributed by atoms with Crippen LogP contribution in [-0.2, 0) is 16.0 Å². The number of Topliss-reactive ketones (excluding diaryl/α,β-unsaturated/α-hetero) is 1. The van der Waals surface area contributed by atoms with Crippen LogP contribution < -0.4 is 0 Å². The number of aromatic amines is 1. The van der Waals surface area contributed by atoms with Crippen molar-refractivity contribution in [2.24, 2.45) is 0 Å². The van der Waals surface area contributed by atoms with Gasteiger partial charge in [0, 0.05) is 40.3 Å². The van der Waals surface area contributed by atoms with Crippen molar-refractivity contribution in [2.75, 3.05) is 6.54 Å². The van der Waals surface area contributed by atoms with Crippen molar-refractivity contribution in [1.29, 1.82) is 0 Å². The quantitative estimate of drug-likeness (QED) is 0.121. The van der Waals surface area contributed by atoms with Gasteiger partial charge < -0.3 is 15.0 Å². The lowest BCUT2D eigenvalue weighted by molar-refractivity contribution is -0.385. The van der Waals surface area contributed by atoms with Gasteiger partial charge in [0.15, 0.2) is 0 Å². The normalized spacial score (nSPS) is 17.1. The molecule has 1 saturated heterocycles. The van der Waals surface area contributed by atoms with Gasteiger partial charge in [-0.2, -0.15) is 0 Å². The summed E-state index contributed by atoms with van der Waals surface area (Å²) in [6.45, 7) is 0.112. The lowest BCUT2D eigenvalue weighted by Crippen LogP contribution is -2.32. The van der Waals surface area contributed by atoms with Crippen LogP contribution in [0.4, 0.5) is 5.69 Å². The molecule has 9 heteroatoms. The minimum Gasteiger partial charge on any atom is -0.507 e. The number of halogens is 1. The van der Waals surface area contributed by atoms with Crippen LogP contribution in [0.3, 0.4) is 0 Å². The number of carbonyl (C=O) groups is 2. The van der Waals surface area contributed by atoms with E-state index in [0.29, 0.717) is 11.4 Å². The van der Waals surface area contributed by atoms with Crippen LogP contribution in [0.1, 0.15) is 22.7 Å². The number of aliphatic hydroxyl groups excluding tert-OH is 1. The molecule has 1 amide bonds. The number of nitrogens with one attached hydrogen (secondary N) is 1. The number of aromatic nitrogens is 1. The molecule has 1 aliphatic heterocycles. The van der Waals surface area contributed by atoms with Gasteiger partial charge in [-0.25, -0.2) is 0 Å². The van der Waals surface area contributed by atoms with Crippen molar-refractivity contribution >= 4 is 45.6 Å². The molecule has 36 heavy (non-hydrogen) atoms. The molecule has 1 atom stereocenters. The number of amides is 1. The average molecular weight is 502 g/mol. The Kier molecular flexibility index (Phi) is 6.03. The van der Waals surface area contributed by atoms with Crippen molar-refractivity contribution in [2.45, 2.75) is 12.5 Å². The Balaban J connectivity index is 1.62. The molecule has 5 rings (SSSR count). The first-order chi connectivity index (χ1) is 17.4. The SMILES string of the molecule is O=C1C(=O)N(CCc2c[nH]c3ccccc23)C(c2ccccc2[N+](=O)[O-])/C1=C(/O)c1ccc(Cl)cc1. The Hall–Kier alpha value is -4.43. The van der Waals surface area contributed by atoms with E-state index in [9.17, 15) is 24.8 Å². The van der Waals surface area contributed by atoms with E-state index in [1.54, 1.807) is 18.2 Å². The molecule has 0 spiro atoms. The van der Waals surface area contributed by atoms with Gasteiger partial charge in [-0.1, -0.05) is 41.9 Å². The minimum absolute atomic E-state index is 0.112. The van der Waals surface area contributed by atoms with Gasteiger partial charge in [0.05, 0.1) is 22.1 Å². The number of benzene rings is 3. The molecule has 0 bridgehead atoms. The number of aliphatic hydroxyl groups is 1. The van der Waals surface area contributed by atoms with Crippen LogP contribution in [0, 0.1) is 10.1 Å². The number of rotatable bonds is 6. The number of nitro groups is 1. The second-order valence-corrected chi connectivity index (χ2v) is 8.86. The Morgan fingerprint density at radius 2 is 1.72 bits per heavy atom. The van der Waals surface area contributed by atoms with Gasteiger partial charge in [0.1, 0.15) is 5.76 Å². The van der Waals surface area contributed by atoms with Crippen LogP contribution >= 0.6 is 11.6 Å². The summed E-state index contributed by atoms with van der Waals surface area (Å²) in [5.74, 6) is -2.14. The Labute approximate surface area is 210 Å². The predicted octanol–water partition coefficient (Wildman–Crippen LogP) is 5.39. The molecule has 1 unspecified atom stereocenters. The molecule has 1 aliphatic rings. The number of ketones is 1. The lowest BCUT2D eigenvalue weighted by Gasteiger charge is -2.25. The van der Waals surface area contributed by atoms with E-state index in [-0.39, 0.29) is 28.9 Å². The van der Waals surface area contributed by atoms with Gasteiger partial charge in [-0.15, -0.1) is 0 Å². The van der Waals surface area contributed by atoms with Gasteiger partial charge in [0.25, 0.3) is 17.4 Å². The number of para-hydroxylation sites is 2. The van der Waals surface area contributed by atoms with E-state index in [0.717, 1.165) is 16.5 Å². The number of hydrogen-bond acceptors (Lipinski definition) is 5. The summed E-state index contributed by atoms with van der Waals surface area (Å²) >= 11 is 5.96. The van der Waals surface area contributed by atoms with E-state index >= 15 is 0 Å². The second kappa shape index (κ2) is 9.31. The number of hydrogen-bond donors (Lipinski definition) is 2. The monoisotopic (exact) mass is 501 g/mol. The fraction of sp³-hybridized carbons (Fsp3) is 0.111. The van der Waals surface area contributed by atoms with E-state index in [4.69, 9.17) is 11.6 Å². The third-order valence-electron chi connectivity index (χ3n) is 6.38. The van der Waals surface area contributed by atoms with Gasteiger partial charge in [-0.3, -0.25) is 19.7 Å². The molecular weight excluding hydrogens is 482 g/mol. The first-order valence-corrected chi connectivity index (χ1v) is 11.6.